The molecule has 2 rings (SSSR count). The van der Waals surface area contributed by atoms with Gasteiger partial charge in [-0.15, -0.1) is 0 Å². The van der Waals surface area contributed by atoms with Crippen molar-refractivity contribution in [2.24, 2.45) is 11.7 Å². The molecule has 2 fully saturated rings. The lowest BCUT2D eigenvalue weighted by atomic mass is 9.92. The highest BCUT2D eigenvalue weighted by Gasteiger charge is 2.47. The minimum Gasteiger partial charge on any atom is -0.324 e. The molecule has 1 heterocycles. The van der Waals surface area contributed by atoms with Crippen LogP contribution in [0.15, 0.2) is 0 Å². The zero-order chi connectivity index (χ0) is 7.19. The van der Waals surface area contributed by atoms with Gasteiger partial charge in [-0.05, 0) is 25.3 Å². The SMILES string of the molecule is N[C@]12CNC[C@H]1C[C@H](F)C2. The molecular weight excluding hydrogens is 131 g/mol. The van der Waals surface area contributed by atoms with Crippen molar-refractivity contribution in [1.82, 2.24) is 5.32 Å². The Labute approximate surface area is 60.0 Å². The fourth-order valence-electron chi connectivity index (χ4n) is 2.19. The molecule has 1 aliphatic carbocycles. The van der Waals surface area contributed by atoms with E-state index in [-0.39, 0.29) is 5.54 Å². The summed E-state index contributed by atoms with van der Waals surface area (Å²) >= 11 is 0. The van der Waals surface area contributed by atoms with Crippen LogP contribution in [0.4, 0.5) is 4.39 Å². The monoisotopic (exact) mass is 144 g/mol. The van der Waals surface area contributed by atoms with E-state index in [1.54, 1.807) is 0 Å². The molecule has 58 valence electrons. The Bertz CT molecular complexity index is 151. The minimum atomic E-state index is -0.642. The zero-order valence-corrected chi connectivity index (χ0v) is 5.94. The predicted molar refractivity (Wildman–Crippen MR) is 37.4 cm³/mol. The van der Waals surface area contributed by atoms with Gasteiger partial charge in [-0.1, -0.05) is 0 Å². The molecule has 0 amide bonds. The van der Waals surface area contributed by atoms with Crippen molar-refractivity contribution in [3.63, 3.8) is 0 Å². The van der Waals surface area contributed by atoms with Gasteiger partial charge in [-0.2, -0.15) is 0 Å². The molecule has 0 radical (unpaired) electrons. The molecule has 1 aliphatic heterocycles. The van der Waals surface area contributed by atoms with Crippen molar-refractivity contribution >= 4 is 0 Å². The molecule has 1 saturated heterocycles. The molecule has 0 bridgehead atoms. The van der Waals surface area contributed by atoms with Gasteiger partial charge in [0.2, 0.25) is 0 Å². The molecule has 3 heteroatoms. The summed E-state index contributed by atoms with van der Waals surface area (Å²) in [6, 6.07) is 0. The Hall–Kier alpha value is -0.150. The van der Waals surface area contributed by atoms with E-state index in [4.69, 9.17) is 5.73 Å². The standard InChI is InChI=1S/C7H13FN2/c8-6-1-5-3-10-4-7(5,9)2-6/h5-6,10H,1-4,9H2/t5-,6+,7-/m1/s1. The number of hydrogen-bond donors (Lipinski definition) is 2. The van der Waals surface area contributed by atoms with Gasteiger partial charge >= 0.3 is 0 Å². The topological polar surface area (TPSA) is 38.0 Å². The molecule has 0 aromatic rings. The van der Waals surface area contributed by atoms with E-state index in [1.165, 1.54) is 0 Å². The first-order valence-electron chi connectivity index (χ1n) is 3.84. The molecule has 2 aliphatic rings. The summed E-state index contributed by atoms with van der Waals surface area (Å²) in [6.45, 7) is 1.72. The van der Waals surface area contributed by atoms with Gasteiger partial charge in [0.15, 0.2) is 0 Å². The molecule has 2 nitrogen and oxygen atoms in total. The zero-order valence-electron chi connectivity index (χ0n) is 5.94. The van der Waals surface area contributed by atoms with Gasteiger partial charge < -0.3 is 11.1 Å². The van der Waals surface area contributed by atoms with Crippen LogP contribution in [0.5, 0.6) is 0 Å². The molecular formula is C7H13FN2. The number of nitrogens with two attached hydrogens (primary N) is 1. The van der Waals surface area contributed by atoms with Crippen molar-refractivity contribution in [2.45, 2.75) is 24.6 Å². The molecule has 3 N–H and O–H groups in total. The summed E-state index contributed by atoms with van der Waals surface area (Å²) in [7, 11) is 0. The van der Waals surface area contributed by atoms with Crippen molar-refractivity contribution in [3.05, 3.63) is 0 Å². The van der Waals surface area contributed by atoms with Crippen molar-refractivity contribution in [3.8, 4) is 0 Å². The van der Waals surface area contributed by atoms with E-state index >= 15 is 0 Å². The number of fused-ring (bicyclic) bond motifs is 1. The number of hydrogen-bond acceptors (Lipinski definition) is 2. The van der Waals surface area contributed by atoms with Gasteiger partial charge in [-0.3, -0.25) is 0 Å². The van der Waals surface area contributed by atoms with Crippen LogP contribution in [0.3, 0.4) is 0 Å². The van der Waals surface area contributed by atoms with E-state index in [2.05, 4.69) is 5.32 Å². The molecule has 10 heavy (non-hydrogen) atoms. The quantitative estimate of drug-likeness (QED) is 0.503. The third-order valence-corrected chi connectivity index (χ3v) is 2.80. The Morgan fingerprint density at radius 2 is 2.40 bits per heavy atom. The predicted octanol–water partition coefficient (Wildman–Crippen LogP) is 0.0352. The van der Waals surface area contributed by atoms with Crippen LogP contribution in [-0.4, -0.2) is 24.8 Å². The molecule has 0 aromatic carbocycles. The van der Waals surface area contributed by atoms with Gasteiger partial charge in [0.1, 0.15) is 6.17 Å². The minimum absolute atomic E-state index is 0.209. The summed E-state index contributed by atoms with van der Waals surface area (Å²) in [5, 5.41) is 3.19. The van der Waals surface area contributed by atoms with Crippen molar-refractivity contribution in [2.75, 3.05) is 13.1 Å². The summed E-state index contributed by atoms with van der Waals surface area (Å²) in [5.41, 5.74) is 5.74. The van der Waals surface area contributed by atoms with E-state index in [0.717, 1.165) is 13.1 Å². The Morgan fingerprint density at radius 1 is 1.60 bits per heavy atom. The molecule has 3 atom stereocenters. The maximum Gasteiger partial charge on any atom is 0.102 e. The molecule has 0 unspecified atom stereocenters. The van der Waals surface area contributed by atoms with Crippen LogP contribution in [0.1, 0.15) is 12.8 Å². The second-order valence-corrected chi connectivity index (χ2v) is 3.60. The molecule has 1 saturated carbocycles. The van der Waals surface area contributed by atoms with E-state index in [0.29, 0.717) is 18.8 Å². The normalized spacial score (nSPS) is 53.4. The summed E-state index contributed by atoms with van der Waals surface area (Å²) in [4.78, 5) is 0. The van der Waals surface area contributed by atoms with Crippen LogP contribution in [0, 0.1) is 5.92 Å². The first-order valence-corrected chi connectivity index (χ1v) is 3.84. The van der Waals surface area contributed by atoms with E-state index in [1.807, 2.05) is 0 Å². The van der Waals surface area contributed by atoms with Crippen LogP contribution >= 0.6 is 0 Å². The Kier molecular flexibility index (Phi) is 1.26. The second kappa shape index (κ2) is 1.92. The third-order valence-electron chi connectivity index (χ3n) is 2.80. The van der Waals surface area contributed by atoms with Crippen LogP contribution in [0.2, 0.25) is 0 Å². The lowest BCUT2D eigenvalue weighted by Gasteiger charge is -2.21. The second-order valence-electron chi connectivity index (χ2n) is 3.60. The van der Waals surface area contributed by atoms with Gasteiger partial charge in [0.25, 0.3) is 0 Å². The molecule has 0 aromatic heterocycles. The lowest BCUT2D eigenvalue weighted by Crippen LogP contribution is -2.44. The fraction of sp³-hybridized carbons (Fsp3) is 1.00. The number of rotatable bonds is 0. The number of nitrogens with one attached hydrogen (secondary N) is 1. The lowest BCUT2D eigenvalue weighted by molar-refractivity contribution is 0.316. The van der Waals surface area contributed by atoms with E-state index in [9.17, 15) is 4.39 Å². The van der Waals surface area contributed by atoms with Gasteiger partial charge in [-0.25, -0.2) is 4.39 Å². The highest BCUT2D eigenvalue weighted by molar-refractivity contribution is 5.06. The van der Waals surface area contributed by atoms with E-state index < -0.39 is 6.17 Å². The fourth-order valence-corrected chi connectivity index (χ4v) is 2.19. The van der Waals surface area contributed by atoms with Crippen molar-refractivity contribution < 1.29 is 4.39 Å². The van der Waals surface area contributed by atoms with Crippen molar-refractivity contribution in [1.29, 1.82) is 0 Å². The Morgan fingerprint density at radius 3 is 3.10 bits per heavy atom. The first-order chi connectivity index (χ1) is 4.71. The summed E-state index contributed by atoms with van der Waals surface area (Å²) in [5.74, 6) is 0.391. The van der Waals surface area contributed by atoms with Gasteiger partial charge in [0.05, 0.1) is 0 Å². The summed E-state index contributed by atoms with van der Waals surface area (Å²) in [6.07, 6.45) is 0.589. The number of halogens is 1. The van der Waals surface area contributed by atoms with Crippen LogP contribution < -0.4 is 11.1 Å². The largest absolute Gasteiger partial charge is 0.324 e. The maximum atomic E-state index is 12.8. The average molecular weight is 144 g/mol. The highest BCUT2D eigenvalue weighted by Crippen LogP contribution is 2.37. The third kappa shape index (κ3) is 0.772. The smallest absolute Gasteiger partial charge is 0.102 e. The van der Waals surface area contributed by atoms with Crippen LogP contribution in [-0.2, 0) is 0 Å². The first kappa shape index (κ1) is 6.55. The highest BCUT2D eigenvalue weighted by atomic mass is 19.1. The average Bonchev–Trinajstić information content (AvgIpc) is 2.20. The number of alkyl halides is 1. The maximum absolute atomic E-state index is 12.8. The summed E-state index contributed by atoms with van der Waals surface area (Å²) < 4.78 is 12.8. The molecule has 0 spiro atoms. The Balaban J connectivity index is 2.15. The van der Waals surface area contributed by atoms with Gasteiger partial charge in [0, 0.05) is 12.1 Å². The van der Waals surface area contributed by atoms with Crippen LogP contribution in [0.25, 0.3) is 0 Å².